The Morgan fingerprint density at radius 3 is 2.08 bits per heavy atom. The molecule has 24 heavy (non-hydrogen) atoms. The van der Waals surface area contributed by atoms with Crippen molar-refractivity contribution in [2.45, 2.75) is 19.1 Å². The lowest BCUT2D eigenvalue weighted by atomic mass is 10.2. The number of nitrogens with one attached hydrogen (secondary N) is 2. The van der Waals surface area contributed by atoms with E-state index in [0.29, 0.717) is 0 Å². The molecule has 0 fully saturated rings. The van der Waals surface area contributed by atoms with Crippen LogP contribution in [-0.2, 0) is 11.0 Å². The number of hydrogen-bond acceptors (Lipinski definition) is 2. The van der Waals surface area contributed by atoms with Crippen LogP contribution in [0.2, 0.25) is 0 Å². The molecule has 1 unspecified atom stereocenters. The molecule has 8 heteroatoms. The van der Waals surface area contributed by atoms with E-state index in [1.54, 1.807) is 0 Å². The van der Waals surface area contributed by atoms with Gasteiger partial charge in [0.25, 0.3) is 0 Å². The van der Waals surface area contributed by atoms with Gasteiger partial charge in [-0.3, -0.25) is 4.79 Å². The molecule has 0 saturated heterocycles. The lowest BCUT2D eigenvalue weighted by Crippen LogP contribution is -2.31. The summed E-state index contributed by atoms with van der Waals surface area (Å²) in [5.41, 5.74) is -0.440. The van der Waals surface area contributed by atoms with Crippen molar-refractivity contribution in [3.05, 3.63) is 59.7 Å². The molecule has 0 spiro atoms. The van der Waals surface area contributed by atoms with Crippen molar-refractivity contribution in [1.29, 1.82) is 0 Å². The van der Waals surface area contributed by atoms with Gasteiger partial charge in [-0.05, 0) is 43.3 Å². The second kappa shape index (κ2) is 6.86. The molecule has 0 bridgehead atoms. The Balaban J connectivity index is 1.99. The van der Waals surface area contributed by atoms with Crippen LogP contribution in [0, 0.1) is 11.6 Å². The molecule has 0 saturated carbocycles. The van der Waals surface area contributed by atoms with Crippen molar-refractivity contribution in [3.8, 4) is 0 Å². The molecule has 0 aliphatic carbocycles. The van der Waals surface area contributed by atoms with Gasteiger partial charge in [0, 0.05) is 17.4 Å². The normalized spacial score (nSPS) is 12.6. The first-order chi connectivity index (χ1) is 11.2. The van der Waals surface area contributed by atoms with E-state index in [-0.39, 0.29) is 11.4 Å². The first-order valence-corrected chi connectivity index (χ1v) is 6.86. The average Bonchev–Trinajstić information content (AvgIpc) is 2.50. The Morgan fingerprint density at radius 2 is 1.54 bits per heavy atom. The van der Waals surface area contributed by atoms with E-state index in [0.717, 1.165) is 36.4 Å². The van der Waals surface area contributed by atoms with Gasteiger partial charge in [-0.25, -0.2) is 8.78 Å². The van der Waals surface area contributed by atoms with Gasteiger partial charge < -0.3 is 10.6 Å². The Hall–Kier alpha value is -2.64. The van der Waals surface area contributed by atoms with Crippen LogP contribution in [0.4, 0.5) is 33.3 Å². The van der Waals surface area contributed by atoms with Gasteiger partial charge in [0.15, 0.2) is 11.6 Å². The van der Waals surface area contributed by atoms with Crippen molar-refractivity contribution < 1.29 is 26.7 Å². The first kappa shape index (κ1) is 17.7. The average molecular weight is 344 g/mol. The maximum Gasteiger partial charge on any atom is 0.416 e. The standard InChI is InChI=1S/C16H13F5N2O/c1-9(22-12-6-7-13(17)14(18)8-12)15(24)23-11-4-2-10(3-5-11)16(19,20)21/h2-9,22H,1H3,(H,23,24). The topological polar surface area (TPSA) is 41.1 Å². The van der Waals surface area contributed by atoms with Gasteiger partial charge in [-0.15, -0.1) is 0 Å². The highest BCUT2D eigenvalue weighted by molar-refractivity contribution is 5.96. The molecule has 2 aromatic rings. The maximum absolute atomic E-state index is 13.1. The lowest BCUT2D eigenvalue weighted by molar-refractivity contribution is -0.137. The van der Waals surface area contributed by atoms with Gasteiger partial charge in [-0.2, -0.15) is 13.2 Å². The molecule has 1 amide bonds. The van der Waals surface area contributed by atoms with Crippen LogP contribution in [0.1, 0.15) is 12.5 Å². The lowest BCUT2D eigenvalue weighted by Gasteiger charge is -2.16. The summed E-state index contributed by atoms with van der Waals surface area (Å²) >= 11 is 0. The van der Waals surface area contributed by atoms with Crippen LogP contribution in [0.5, 0.6) is 0 Å². The summed E-state index contributed by atoms with van der Waals surface area (Å²) in [5.74, 6) is -2.61. The highest BCUT2D eigenvalue weighted by atomic mass is 19.4. The van der Waals surface area contributed by atoms with Crippen LogP contribution in [0.3, 0.4) is 0 Å². The second-order valence-corrected chi connectivity index (χ2v) is 5.06. The number of halogens is 5. The molecule has 2 aromatic carbocycles. The van der Waals surface area contributed by atoms with Gasteiger partial charge in [-0.1, -0.05) is 0 Å². The number of hydrogen-bond donors (Lipinski definition) is 2. The number of anilines is 2. The van der Waals surface area contributed by atoms with Crippen molar-refractivity contribution in [3.63, 3.8) is 0 Å². The minimum atomic E-state index is -4.45. The SMILES string of the molecule is CC(Nc1ccc(F)c(F)c1)C(=O)Nc1ccc(C(F)(F)F)cc1. The zero-order valence-electron chi connectivity index (χ0n) is 12.4. The number of carbonyl (C=O) groups is 1. The van der Waals surface area contributed by atoms with Crippen LogP contribution >= 0.6 is 0 Å². The van der Waals surface area contributed by atoms with E-state index in [9.17, 15) is 26.7 Å². The molecule has 0 aliphatic rings. The summed E-state index contributed by atoms with van der Waals surface area (Å²) in [7, 11) is 0. The molecule has 0 radical (unpaired) electrons. The van der Waals surface area contributed by atoms with Crippen LogP contribution in [-0.4, -0.2) is 11.9 Å². The van der Waals surface area contributed by atoms with E-state index in [1.165, 1.54) is 13.0 Å². The van der Waals surface area contributed by atoms with Crippen LogP contribution in [0.15, 0.2) is 42.5 Å². The zero-order valence-corrected chi connectivity index (χ0v) is 12.4. The summed E-state index contributed by atoms with van der Waals surface area (Å²) in [6, 6.07) is 6.22. The van der Waals surface area contributed by atoms with Crippen LogP contribution in [0.25, 0.3) is 0 Å². The Morgan fingerprint density at radius 1 is 0.958 bits per heavy atom. The van der Waals surface area contributed by atoms with Gasteiger partial charge in [0.1, 0.15) is 6.04 Å². The van der Waals surface area contributed by atoms with E-state index in [1.807, 2.05) is 0 Å². The van der Waals surface area contributed by atoms with E-state index < -0.39 is 35.3 Å². The van der Waals surface area contributed by atoms with E-state index >= 15 is 0 Å². The highest BCUT2D eigenvalue weighted by Gasteiger charge is 2.30. The quantitative estimate of drug-likeness (QED) is 0.806. The van der Waals surface area contributed by atoms with Crippen LogP contribution < -0.4 is 10.6 Å². The molecule has 0 aromatic heterocycles. The molecular weight excluding hydrogens is 331 g/mol. The number of benzene rings is 2. The van der Waals surface area contributed by atoms with Crippen molar-refractivity contribution in [2.75, 3.05) is 10.6 Å². The molecule has 3 nitrogen and oxygen atoms in total. The number of amides is 1. The fraction of sp³-hybridized carbons (Fsp3) is 0.188. The fourth-order valence-electron chi connectivity index (χ4n) is 1.89. The Bertz CT molecular complexity index is 728. The Kier molecular flexibility index (Phi) is 5.06. The predicted octanol–water partition coefficient (Wildman–Crippen LogP) is 4.42. The van der Waals surface area contributed by atoms with Gasteiger partial charge in [0.2, 0.25) is 5.91 Å². The van der Waals surface area contributed by atoms with Gasteiger partial charge in [0.05, 0.1) is 5.56 Å². The molecule has 1 atom stereocenters. The summed E-state index contributed by atoms with van der Waals surface area (Å²) in [6.07, 6.45) is -4.45. The third-order valence-corrected chi connectivity index (χ3v) is 3.18. The summed E-state index contributed by atoms with van der Waals surface area (Å²) in [5, 5.41) is 5.10. The smallest absolute Gasteiger partial charge is 0.374 e. The third kappa shape index (κ3) is 4.43. The second-order valence-electron chi connectivity index (χ2n) is 5.06. The third-order valence-electron chi connectivity index (χ3n) is 3.18. The minimum Gasteiger partial charge on any atom is -0.374 e. The van der Waals surface area contributed by atoms with E-state index in [4.69, 9.17) is 0 Å². The number of alkyl halides is 3. The summed E-state index contributed by atoms with van der Waals surface area (Å²) in [6.45, 7) is 1.47. The summed E-state index contributed by atoms with van der Waals surface area (Å²) < 4.78 is 63.3. The predicted molar refractivity (Wildman–Crippen MR) is 79.5 cm³/mol. The first-order valence-electron chi connectivity index (χ1n) is 6.86. The van der Waals surface area contributed by atoms with E-state index in [2.05, 4.69) is 10.6 Å². The minimum absolute atomic E-state index is 0.187. The van der Waals surface area contributed by atoms with Crippen molar-refractivity contribution in [1.82, 2.24) is 0 Å². The molecule has 0 heterocycles. The molecule has 2 rings (SSSR count). The van der Waals surface area contributed by atoms with Gasteiger partial charge >= 0.3 is 6.18 Å². The summed E-state index contributed by atoms with van der Waals surface area (Å²) in [4.78, 5) is 12.0. The Labute approximate surface area is 134 Å². The maximum atomic E-state index is 13.1. The monoisotopic (exact) mass is 344 g/mol. The molecule has 0 aliphatic heterocycles. The highest BCUT2D eigenvalue weighted by Crippen LogP contribution is 2.29. The molecule has 2 N–H and O–H groups in total. The number of carbonyl (C=O) groups excluding carboxylic acids is 1. The van der Waals surface area contributed by atoms with Crippen molar-refractivity contribution in [2.24, 2.45) is 0 Å². The fourth-order valence-corrected chi connectivity index (χ4v) is 1.89. The van der Waals surface area contributed by atoms with Crippen molar-refractivity contribution >= 4 is 17.3 Å². The number of rotatable bonds is 4. The molecular formula is C16H13F5N2O. The zero-order chi connectivity index (χ0) is 17.9. The molecule has 128 valence electrons. The largest absolute Gasteiger partial charge is 0.416 e.